The molecule has 0 aliphatic carbocycles. The van der Waals surface area contributed by atoms with Gasteiger partial charge in [0, 0.05) is 5.69 Å². The second kappa shape index (κ2) is 8.22. The van der Waals surface area contributed by atoms with Gasteiger partial charge in [0.2, 0.25) is 17.6 Å². The minimum absolute atomic E-state index is 0.00288. The average molecular weight is 421 g/mol. The number of carbonyl (C=O) groups excluding carboxylic acids is 1. The number of ether oxygens (including phenoxy) is 1. The van der Waals surface area contributed by atoms with Crippen molar-refractivity contribution in [2.75, 3.05) is 17.7 Å². The van der Waals surface area contributed by atoms with Crippen LogP contribution in [0, 0.1) is 6.92 Å². The summed E-state index contributed by atoms with van der Waals surface area (Å²) in [7, 11) is 0. The van der Waals surface area contributed by atoms with Gasteiger partial charge in [-0.3, -0.25) is 9.36 Å². The van der Waals surface area contributed by atoms with Crippen LogP contribution in [0.3, 0.4) is 0 Å². The van der Waals surface area contributed by atoms with Gasteiger partial charge in [-0.1, -0.05) is 18.2 Å². The molecule has 3 aromatic heterocycles. The summed E-state index contributed by atoms with van der Waals surface area (Å²) in [6.45, 7) is 3.38. The monoisotopic (exact) mass is 421 g/mol. The maximum absolute atomic E-state index is 13.1. The Morgan fingerprint density at radius 3 is 2.74 bits per heavy atom. The van der Waals surface area contributed by atoms with Crippen LogP contribution in [-0.4, -0.2) is 37.1 Å². The lowest BCUT2D eigenvalue weighted by Gasteiger charge is -2.08. The van der Waals surface area contributed by atoms with E-state index in [4.69, 9.17) is 14.9 Å². The Morgan fingerprint density at radius 2 is 2.00 bits per heavy atom. The molecule has 11 heteroatoms. The van der Waals surface area contributed by atoms with Gasteiger partial charge in [-0.25, -0.2) is 9.78 Å². The summed E-state index contributed by atoms with van der Waals surface area (Å²) in [5.41, 5.74) is 6.22. The normalized spacial score (nSPS) is 10.9. The molecule has 0 saturated heterocycles. The van der Waals surface area contributed by atoms with Gasteiger partial charge in [0.1, 0.15) is 23.0 Å². The minimum atomic E-state index is -0.644. The van der Waals surface area contributed by atoms with E-state index in [0.717, 1.165) is 5.69 Å². The van der Waals surface area contributed by atoms with Crippen molar-refractivity contribution < 1.29 is 13.9 Å². The van der Waals surface area contributed by atoms with Gasteiger partial charge in [0.05, 0.1) is 13.2 Å². The molecule has 3 N–H and O–H groups in total. The Hall–Kier alpha value is -4.28. The molecule has 0 saturated carbocycles. The van der Waals surface area contributed by atoms with Crippen LogP contribution >= 0.6 is 0 Å². The average Bonchev–Trinajstić information content (AvgIpc) is 3.07. The molecule has 11 nitrogen and oxygen atoms in total. The predicted molar refractivity (Wildman–Crippen MR) is 112 cm³/mol. The van der Waals surface area contributed by atoms with Gasteiger partial charge in [-0.05, 0) is 26.0 Å². The fraction of sp³-hybridized carbons (Fsp3) is 0.200. The molecule has 3 heterocycles. The number of nitrogen functional groups attached to an aromatic ring is 1. The summed E-state index contributed by atoms with van der Waals surface area (Å²) in [5, 5.41) is 3.08. The van der Waals surface area contributed by atoms with Crippen molar-refractivity contribution in [2.45, 2.75) is 20.4 Å². The Balaban J connectivity index is 1.70. The predicted octanol–water partition coefficient (Wildman–Crippen LogP) is 2.03. The zero-order valence-corrected chi connectivity index (χ0v) is 16.8. The summed E-state index contributed by atoms with van der Waals surface area (Å²) < 4.78 is 11.8. The molecular weight excluding hydrogens is 402 g/mol. The van der Waals surface area contributed by atoms with E-state index >= 15 is 0 Å². The number of para-hydroxylation sites is 1. The van der Waals surface area contributed by atoms with E-state index in [1.807, 2.05) is 30.3 Å². The number of esters is 1. The molecule has 158 valence electrons. The number of anilines is 3. The highest BCUT2D eigenvalue weighted by Gasteiger charge is 2.24. The topological polar surface area (TPSA) is 151 Å². The summed E-state index contributed by atoms with van der Waals surface area (Å²) in [4.78, 5) is 42.0. The number of benzene rings is 1. The fourth-order valence-electron chi connectivity index (χ4n) is 3.07. The summed E-state index contributed by atoms with van der Waals surface area (Å²) in [6.07, 6.45) is 1.30. The Bertz CT molecular complexity index is 1310. The molecule has 0 unspecified atom stereocenters. The van der Waals surface area contributed by atoms with E-state index in [-0.39, 0.29) is 53.3 Å². The molecule has 0 amide bonds. The molecule has 31 heavy (non-hydrogen) atoms. The third-order valence-electron chi connectivity index (χ3n) is 4.38. The number of rotatable bonds is 6. The van der Waals surface area contributed by atoms with Crippen molar-refractivity contribution in [1.29, 1.82) is 0 Å². The SMILES string of the molecule is CCOC(=O)c1c(C)oc2ncn(Cc3nc(N)nc(Nc4ccccc4)n3)c(=O)c12. The van der Waals surface area contributed by atoms with Gasteiger partial charge in [0.25, 0.3) is 5.56 Å². The van der Waals surface area contributed by atoms with Crippen LogP contribution < -0.4 is 16.6 Å². The first-order valence-electron chi connectivity index (χ1n) is 9.44. The molecule has 1 aromatic carbocycles. The lowest BCUT2D eigenvalue weighted by atomic mass is 10.2. The van der Waals surface area contributed by atoms with Crippen molar-refractivity contribution in [3.63, 3.8) is 0 Å². The van der Waals surface area contributed by atoms with Crippen LogP contribution in [-0.2, 0) is 11.3 Å². The van der Waals surface area contributed by atoms with Crippen LogP contribution in [0.15, 0.2) is 45.9 Å². The van der Waals surface area contributed by atoms with E-state index in [1.165, 1.54) is 10.9 Å². The number of hydrogen-bond donors (Lipinski definition) is 2. The van der Waals surface area contributed by atoms with Crippen molar-refractivity contribution in [1.82, 2.24) is 24.5 Å². The molecule has 0 spiro atoms. The lowest BCUT2D eigenvalue weighted by molar-refractivity contribution is 0.0526. The number of aromatic nitrogens is 5. The van der Waals surface area contributed by atoms with Crippen LogP contribution in [0.25, 0.3) is 11.1 Å². The molecule has 4 aromatic rings. The number of hydrogen-bond acceptors (Lipinski definition) is 10. The number of aryl methyl sites for hydroxylation is 1. The number of nitrogens with one attached hydrogen (secondary N) is 1. The first kappa shape index (κ1) is 20.0. The van der Waals surface area contributed by atoms with Crippen molar-refractivity contribution in [3.8, 4) is 0 Å². The maximum Gasteiger partial charge on any atom is 0.342 e. The second-order valence-corrected chi connectivity index (χ2v) is 6.54. The van der Waals surface area contributed by atoms with E-state index in [0.29, 0.717) is 0 Å². The third kappa shape index (κ3) is 4.06. The second-order valence-electron chi connectivity index (χ2n) is 6.54. The molecule has 0 aliphatic rings. The summed E-state index contributed by atoms with van der Waals surface area (Å²) in [5.74, 6) is 0.0924. The summed E-state index contributed by atoms with van der Waals surface area (Å²) >= 11 is 0. The van der Waals surface area contributed by atoms with Gasteiger partial charge in [-0.2, -0.15) is 15.0 Å². The number of fused-ring (bicyclic) bond motifs is 1. The highest BCUT2D eigenvalue weighted by Crippen LogP contribution is 2.22. The number of furan rings is 1. The van der Waals surface area contributed by atoms with E-state index in [2.05, 4.69) is 25.3 Å². The highest BCUT2D eigenvalue weighted by atomic mass is 16.5. The Morgan fingerprint density at radius 1 is 1.23 bits per heavy atom. The Kier molecular flexibility index (Phi) is 5.31. The van der Waals surface area contributed by atoms with Crippen LogP contribution in [0.2, 0.25) is 0 Å². The minimum Gasteiger partial charge on any atom is -0.462 e. The molecule has 0 aliphatic heterocycles. The third-order valence-corrected chi connectivity index (χ3v) is 4.38. The van der Waals surface area contributed by atoms with E-state index in [9.17, 15) is 9.59 Å². The van der Waals surface area contributed by atoms with Gasteiger partial charge < -0.3 is 20.2 Å². The number of carbonyl (C=O) groups is 1. The molecular formula is C20H19N7O4. The highest BCUT2D eigenvalue weighted by molar-refractivity contribution is 6.03. The molecule has 0 radical (unpaired) electrons. The molecule has 0 bridgehead atoms. The van der Waals surface area contributed by atoms with Gasteiger partial charge in [0.15, 0.2) is 5.82 Å². The standard InChI is InChI=1S/C20H19N7O4/c1-3-30-18(29)14-11(2)31-16-15(14)17(28)27(10-22-16)9-13-24-19(21)26-20(25-13)23-12-7-5-4-6-8-12/h4-8,10H,3,9H2,1-2H3,(H3,21,23,24,25,26). The lowest BCUT2D eigenvalue weighted by Crippen LogP contribution is -2.24. The van der Waals surface area contributed by atoms with Gasteiger partial charge >= 0.3 is 5.97 Å². The fourth-order valence-corrected chi connectivity index (χ4v) is 3.07. The first-order chi connectivity index (χ1) is 15.0. The maximum atomic E-state index is 13.1. The van der Waals surface area contributed by atoms with Crippen molar-refractivity contribution in [2.24, 2.45) is 0 Å². The van der Waals surface area contributed by atoms with Crippen LogP contribution in [0.1, 0.15) is 28.9 Å². The smallest absolute Gasteiger partial charge is 0.342 e. The van der Waals surface area contributed by atoms with Crippen LogP contribution in [0.4, 0.5) is 17.6 Å². The zero-order chi connectivity index (χ0) is 22.0. The molecule has 4 rings (SSSR count). The zero-order valence-electron chi connectivity index (χ0n) is 16.8. The first-order valence-corrected chi connectivity index (χ1v) is 9.44. The quantitative estimate of drug-likeness (QED) is 0.442. The summed E-state index contributed by atoms with van der Waals surface area (Å²) in [6, 6.07) is 9.31. The largest absolute Gasteiger partial charge is 0.462 e. The van der Waals surface area contributed by atoms with E-state index in [1.54, 1.807) is 13.8 Å². The van der Waals surface area contributed by atoms with Crippen molar-refractivity contribution >= 4 is 34.7 Å². The Labute approximate surface area is 175 Å². The van der Waals surface area contributed by atoms with Gasteiger partial charge in [-0.15, -0.1) is 0 Å². The number of nitrogens with two attached hydrogens (primary N) is 1. The molecule has 0 atom stereocenters. The van der Waals surface area contributed by atoms with Crippen molar-refractivity contribution in [3.05, 3.63) is 64.2 Å². The number of nitrogens with zero attached hydrogens (tertiary/aromatic N) is 5. The van der Waals surface area contributed by atoms with E-state index < -0.39 is 11.5 Å². The molecule has 0 fully saturated rings. The van der Waals surface area contributed by atoms with Crippen LogP contribution in [0.5, 0.6) is 0 Å².